The molecule has 1 saturated carbocycles. The van der Waals surface area contributed by atoms with Crippen LogP contribution < -0.4 is 5.32 Å². The zero-order valence-electron chi connectivity index (χ0n) is 9.86. The van der Waals surface area contributed by atoms with E-state index in [9.17, 15) is 5.11 Å². The monoisotopic (exact) mass is 239 g/mol. The summed E-state index contributed by atoms with van der Waals surface area (Å²) in [6, 6.07) is 2.63. The lowest BCUT2D eigenvalue weighted by molar-refractivity contribution is 0.166. The molecule has 3 heteroatoms. The Kier molecular flexibility index (Phi) is 4.38. The largest absolute Gasteiger partial charge is 0.387 e. The maximum absolute atomic E-state index is 9.97. The third-order valence-electron chi connectivity index (χ3n) is 3.68. The summed E-state index contributed by atoms with van der Waals surface area (Å²) in [6.45, 7) is 2.96. The topological polar surface area (TPSA) is 32.3 Å². The second kappa shape index (κ2) is 5.80. The zero-order valence-corrected chi connectivity index (χ0v) is 10.7. The molecule has 2 N–H and O–H groups in total. The lowest BCUT2D eigenvalue weighted by atomic mass is 10.0. The van der Waals surface area contributed by atoms with E-state index < -0.39 is 0 Å². The molecule has 1 aliphatic rings. The van der Waals surface area contributed by atoms with Gasteiger partial charge < -0.3 is 10.4 Å². The van der Waals surface area contributed by atoms with E-state index in [1.54, 1.807) is 11.3 Å². The van der Waals surface area contributed by atoms with Gasteiger partial charge in [-0.3, -0.25) is 0 Å². The van der Waals surface area contributed by atoms with E-state index in [2.05, 4.69) is 12.2 Å². The fourth-order valence-corrected chi connectivity index (χ4v) is 3.35. The molecule has 0 amide bonds. The van der Waals surface area contributed by atoms with Gasteiger partial charge in [0.05, 0.1) is 6.10 Å². The zero-order chi connectivity index (χ0) is 11.4. The Morgan fingerprint density at radius 2 is 2.44 bits per heavy atom. The minimum Gasteiger partial charge on any atom is -0.387 e. The summed E-state index contributed by atoms with van der Waals surface area (Å²) in [5.41, 5.74) is 1.04. The molecule has 1 aliphatic carbocycles. The van der Waals surface area contributed by atoms with E-state index >= 15 is 0 Å². The summed E-state index contributed by atoms with van der Waals surface area (Å²) in [5.74, 6) is 0.815. The van der Waals surface area contributed by atoms with Gasteiger partial charge in [0.15, 0.2) is 0 Å². The van der Waals surface area contributed by atoms with Crippen LogP contribution in [0.1, 0.15) is 44.3 Å². The lowest BCUT2D eigenvalue weighted by Gasteiger charge is -2.21. The normalized spacial score (nSPS) is 27.1. The highest BCUT2D eigenvalue weighted by Crippen LogP contribution is 2.28. The molecule has 0 aliphatic heterocycles. The molecule has 3 unspecified atom stereocenters. The molecule has 0 spiro atoms. The number of nitrogens with one attached hydrogen (secondary N) is 1. The van der Waals surface area contributed by atoms with Crippen LogP contribution in [0.3, 0.4) is 0 Å². The van der Waals surface area contributed by atoms with Crippen molar-refractivity contribution in [2.24, 2.45) is 5.92 Å². The summed E-state index contributed by atoms with van der Waals surface area (Å²) < 4.78 is 0. The Hall–Kier alpha value is -0.380. The molecular formula is C13H21NOS. The quantitative estimate of drug-likeness (QED) is 0.828. The molecule has 0 aromatic carbocycles. The third kappa shape index (κ3) is 2.84. The van der Waals surface area contributed by atoms with Crippen molar-refractivity contribution in [3.63, 3.8) is 0 Å². The van der Waals surface area contributed by atoms with Crippen LogP contribution in [0.25, 0.3) is 0 Å². The van der Waals surface area contributed by atoms with Crippen LogP contribution in [0.15, 0.2) is 16.8 Å². The van der Waals surface area contributed by atoms with Crippen molar-refractivity contribution in [3.05, 3.63) is 22.4 Å². The standard InChI is InChI=1S/C13H21NOS/c1-2-10-4-3-5-12(10)14-8-13(15)11-6-7-16-9-11/h6-7,9-10,12-15H,2-5,8H2,1H3. The van der Waals surface area contributed by atoms with Gasteiger partial charge in [-0.15, -0.1) is 0 Å². The molecule has 2 rings (SSSR count). The Morgan fingerprint density at radius 3 is 3.12 bits per heavy atom. The Balaban J connectivity index is 1.78. The first kappa shape index (κ1) is 12.1. The van der Waals surface area contributed by atoms with Crippen LogP contribution in [0.5, 0.6) is 0 Å². The number of hydrogen-bond acceptors (Lipinski definition) is 3. The first-order valence-corrected chi connectivity index (χ1v) is 7.19. The summed E-state index contributed by atoms with van der Waals surface area (Å²) in [7, 11) is 0. The molecule has 1 fully saturated rings. The van der Waals surface area contributed by atoms with E-state index in [4.69, 9.17) is 0 Å². The molecule has 2 nitrogen and oxygen atoms in total. The van der Waals surface area contributed by atoms with Gasteiger partial charge in [0.1, 0.15) is 0 Å². The van der Waals surface area contributed by atoms with E-state index in [0.29, 0.717) is 12.6 Å². The third-order valence-corrected chi connectivity index (χ3v) is 4.39. The van der Waals surface area contributed by atoms with Gasteiger partial charge in [-0.05, 0) is 41.1 Å². The predicted octanol–water partition coefficient (Wildman–Crippen LogP) is 2.95. The molecule has 16 heavy (non-hydrogen) atoms. The highest BCUT2D eigenvalue weighted by Gasteiger charge is 2.25. The molecule has 0 bridgehead atoms. The smallest absolute Gasteiger partial charge is 0.0922 e. The molecule has 1 aromatic heterocycles. The Morgan fingerprint density at radius 1 is 1.56 bits per heavy atom. The molecule has 3 atom stereocenters. The fourth-order valence-electron chi connectivity index (χ4n) is 2.64. The van der Waals surface area contributed by atoms with Crippen LogP contribution in [-0.2, 0) is 0 Å². The van der Waals surface area contributed by atoms with E-state index in [1.807, 2.05) is 16.8 Å². The van der Waals surface area contributed by atoms with Gasteiger partial charge in [0.25, 0.3) is 0 Å². The van der Waals surface area contributed by atoms with Crippen molar-refractivity contribution in [1.29, 1.82) is 0 Å². The van der Waals surface area contributed by atoms with E-state index in [0.717, 1.165) is 11.5 Å². The summed E-state index contributed by atoms with van der Waals surface area (Å²) in [5, 5.41) is 17.5. The van der Waals surface area contributed by atoms with Crippen molar-refractivity contribution in [2.45, 2.75) is 44.8 Å². The van der Waals surface area contributed by atoms with Crippen molar-refractivity contribution in [2.75, 3.05) is 6.54 Å². The molecule has 0 saturated heterocycles. The number of aliphatic hydroxyl groups is 1. The predicted molar refractivity (Wildman–Crippen MR) is 68.7 cm³/mol. The van der Waals surface area contributed by atoms with Crippen molar-refractivity contribution < 1.29 is 5.11 Å². The van der Waals surface area contributed by atoms with Gasteiger partial charge >= 0.3 is 0 Å². The highest BCUT2D eigenvalue weighted by molar-refractivity contribution is 7.07. The maximum Gasteiger partial charge on any atom is 0.0922 e. The van der Waals surface area contributed by atoms with Crippen LogP contribution in [-0.4, -0.2) is 17.7 Å². The number of hydrogen-bond donors (Lipinski definition) is 2. The van der Waals surface area contributed by atoms with Crippen molar-refractivity contribution in [3.8, 4) is 0 Å². The molecular weight excluding hydrogens is 218 g/mol. The van der Waals surface area contributed by atoms with Crippen molar-refractivity contribution >= 4 is 11.3 Å². The second-order valence-corrected chi connectivity index (χ2v) is 5.47. The second-order valence-electron chi connectivity index (χ2n) is 4.69. The summed E-state index contributed by atoms with van der Waals surface area (Å²) >= 11 is 1.64. The van der Waals surface area contributed by atoms with Crippen LogP contribution in [0.2, 0.25) is 0 Å². The first-order valence-electron chi connectivity index (χ1n) is 6.24. The SMILES string of the molecule is CCC1CCCC1NCC(O)c1ccsc1. The van der Waals surface area contributed by atoms with Crippen LogP contribution in [0, 0.1) is 5.92 Å². The fraction of sp³-hybridized carbons (Fsp3) is 0.692. The molecule has 90 valence electrons. The average Bonchev–Trinajstić information content (AvgIpc) is 2.96. The summed E-state index contributed by atoms with van der Waals surface area (Å²) in [6.07, 6.45) is 4.87. The molecule has 1 heterocycles. The van der Waals surface area contributed by atoms with Gasteiger partial charge in [-0.2, -0.15) is 11.3 Å². The highest BCUT2D eigenvalue weighted by atomic mass is 32.1. The molecule has 1 aromatic rings. The Bertz CT molecular complexity index is 299. The van der Waals surface area contributed by atoms with Gasteiger partial charge in [-0.25, -0.2) is 0 Å². The van der Waals surface area contributed by atoms with Crippen LogP contribution in [0.4, 0.5) is 0 Å². The minimum atomic E-state index is -0.343. The van der Waals surface area contributed by atoms with Crippen LogP contribution >= 0.6 is 11.3 Å². The Labute approximate surface area is 102 Å². The van der Waals surface area contributed by atoms with E-state index in [-0.39, 0.29) is 6.10 Å². The number of aliphatic hydroxyl groups excluding tert-OH is 1. The summed E-state index contributed by atoms with van der Waals surface area (Å²) in [4.78, 5) is 0. The van der Waals surface area contributed by atoms with Gasteiger partial charge in [0.2, 0.25) is 0 Å². The minimum absolute atomic E-state index is 0.343. The van der Waals surface area contributed by atoms with Crippen molar-refractivity contribution in [1.82, 2.24) is 5.32 Å². The first-order chi connectivity index (χ1) is 7.81. The van der Waals surface area contributed by atoms with E-state index in [1.165, 1.54) is 25.7 Å². The van der Waals surface area contributed by atoms with Gasteiger partial charge in [0, 0.05) is 12.6 Å². The maximum atomic E-state index is 9.97. The number of rotatable bonds is 5. The average molecular weight is 239 g/mol. The van der Waals surface area contributed by atoms with Gasteiger partial charge in [-0.1, -0.05) is 19.8 Å². The molecule has 0 radical (unpaired) electrons. The number of thiophene rings is 1. The lowest BCUT2D eigenvalue weighted by Crippen LogP contribution is -2.35.